The third-order valence-electron chi connectivity index (χ3n) is 8.07. The third-order valence-corrected chi connectivity index (χ3v) is 9.13. The molecule has 5 nitrogen and oxygen atoms in total. The zero-order valence-electron chi connectivity index (χ0n) is 23.2. The number of hydrogen-bond donors (Lipinski definition) is 0. The van der Waals surface area contributed by atoms with Gasteiger partial charge in [0.1, 0.15) is 0 Å². The van der Waals surface area contributed by atoms with Gasteiger partial charge in [0.25, 0.3) is 5.91 Å². The van der Waals surface area contributed by atoms with Crippen LogP contribution in [0.3, 0.4) is 0 Å². The van der Waals surface area contributed by atoms with E-state index in [9.17, 15) is 4.79 Å². The maximum absolute atomic E-state index is 14.1. The van der Waals surface area contributed by atoms with Gasteiger partial charge in [-0.15, -0.1) is 0 Å². The Kier molecular flexibility index (Phi) is 7.68. The fourth-order valence-electron chi connectivity index (χ4n) is 5.95. The zero-order valence-corrected chi connectivity index (χ0v) is 26.3. The lowest BCUT2D eigenvalue weighted by atomic mass is 9.77. The Morgan fingerprint density at radius 3 is 2.26 bits per heavy atom. The van der Waals surface area contributed by atoms with Crippen LogP contribution in [0.5, 0.6) is 0 Å². The molecule has 1 aromatic heterocycles. The SMILES string of the molecule is O=C(c1ccc(-c2ncc(-c3ccccc3)o2)cc1)N1N=C2/C(=C\c3ccc(Br)cc3)CCC[C@@H]2[C@@H]1c1ccc(Br)cc1. The van der Waals surface area contributed by atoms with Gasteiger partial charge in [-0.1, -0.05) is 86.5 Å². The average molecular weight is 693 g/mol. The number of hydrogen-bond acceptors (Lipinski definition) is 4. The Hall–Kier alpha value is -4.07. The molecule has 5 aromatic rings. The molecule has 1 aliphatic heterocycles. The molecule has 1 aliphatic carbocycles. The number of carbonyl (C=O) groups excluding carboxylic acids is 1. The van der Waals surface area contributed by atoms with Gasteiger partial charge in [0.2, 0.25) is 5.89 Å². The number of amides is 1. The summed E-state index contributed by atoms with van der Waals surface area (Å²) in [5, 5.41) is 6.77. The lowest BCUT2D eigenvalue weighted by Gasteiger charge is -2.29. The van der Waals surface area contributed by atoms with Gasteiger partial charge in [-0.05, 0) is 90.6 Å². The van der Waals surface area contributed by atoms with Gasteiger partial charge in [0, 0.05) is 31.6 Å². The van der Waals surface area contributed by atoms with Gasteiger partial charge in [-0.25, -0.2) is 9.99 Å². The number of oxazole rings is 1. The van der Waals surface area contributed by atoms with Crippen LogP contribution in [-0.2, 0) is 0 Å². The number of nitrogens with zero attached hydrogens (tertiary/aromatic N) is 3. The first-order valence-corrected chi connectivity index (χ1v) is 15.9. The molecule has 1 amide bonds. The molecular weight excluding hydrogens is 666 g/mol. The van der Waals surface area contributed by atoms with Gasteiger partial charge in [-0.2, -0.15) is 5.10 Å². The number of hydrazone groups is 1. The predicted octanol–water partition coefficient (Wildman–Crippen LogP) is 9.97. The van der Waals surface area contributed by atoms with E-state index in [4.69, 9.17) is 9.52 Å². The maximum Gasteiger partial charge on any atom is 0.274 e. The lowest BCUT2D eigenvalue weighted by molar-refractivity contribution is 0.0681. The number of halogens is 2. The molecule has 0 spiro atoms. The predicted molar refractivity (Wildman–Crippen MR) is 177 cm³/mol. The first-order valence-electron chi connectivity index (χ1n) is 14.3. The van der Waals surface area contributed by atoms with E-state index in [0.717, 1.165) is 56.2 Å². The van der Waals surface area contributed by atoms with Crippen LogP contribution in [0.4, 0.5) is 0 Å². The van der Waals surface area contributed by atoms with Gasteiger partial charge >= 0.3 is 0 Å². The summed E-state index contributed by atoms with van der Waals surface area (Å²) < 4.78 is 8.08. The van der Waals surface area contributed by atoms with Crippen molar-refractivity contribution >= 4 is 49.6 Å². The highest BCUT2D eigenvalue weighted by molar-refractivity contribution is 9.10. The summed E-state index contributed by atoms with van der Waals surface area (Å²) in [6, 6.07) is 33.7. The van der Waals surface area contributed by atoms with E-state index in [0.29, 0.717) is 17.2 Å². The van der Waals surface area contributed by atoms with Crippen LogP contribution in [0, 0.1) is 5.92 Å². The largest absolute Gasteiger partial charge is 0.436 e. The van der Waals surface area contributed by atoms with E-state index in [1.165, 1.54) is 5.57 Å². The Balaban J connectivity index is 1.21. The number of allylic oxidation sites excluding steroid dienone is 1. The fourth-order valence-corrected chi connectivity index (χ4v) is 6.48. The van der Waals surface area contributed by atoms with E-state index in [2.05, 4.69) is 67.2 Å². The minimum Gasteiger partial charge on any atom is -0.436 e. The molecule has 43 heavy (non-hydrogen) atoms. The van der Waals surface area contributed by atoms with E-state index in [-0.39, 0.29) is 17.9 Å². The second-order valence-electron chi connectivity index (χ2n) is 10.8. The van der Waals surface area contributed by atoms with Crippen LogP contribution < -0.4 is 0 Å². The standard InChI is InChI=1S/C36H27Br2N3O2/c37-29-17-9-23(10-18-29)21-28-7-4-8-31-33(28)40-41(34(31)25-15-19-30(38)20-16-25)36(42)27-13-11-26(12-14-27)35-39-22-32(43-35)24-5-2-1-3-6-24/h1-3,5-6,9-22,31,34H,4,7-8H2/b28-21-/t31-,34-/m0/s1. The molecule has 2 aliphatic rings. The van der Waals surface area contributed by atoms with Crippen LogP contribution in [-0.4, -0.2) is 21.6 Å². The molecule has 1 fully saturated rings. The smallest absolute Gasteiger partial charge is 0.274 e. The molecular formula is C36H27Br2N3O2. The molecule has 0 radical (unpaired) electrons. The highest BCUT2D eigenvalue weighted by Gasteiger charge is 2.44. The van der Waals surface area contributed by atoms with Crippen LogP contribution in [0.1, 0.15) is 46.8 Å². The van der Waals surface area contributed by atoms with Crippen LogP contribution in [0.15, 0.2) is 133 Å². The molecule has 0 bridgehead atoms. The quantitative estimate of drug-likeness (QED) is 0.184. The van der Waals surface area contributed by atoms with Crippen LogP contribution in [0.25, 0.3) is 28.9 Å². The molecule has 2 atom stereocenters. The molecule has 0 saturated heterocycles. The van der Waals surface area contributed by atoms with Crippen molar-refractivity contribution in [3.05, 3.63) is 141 Å². The van der Waals surface area contributed by atoms with Crippen molar-refractivity contribution in [3.8, 4) is 22.8 Å². The Labute approximate surface area is 267 Å². The fraction of sp³-hybridized carbons (Fsp3) is 0.139. The summed E-state index contributed by atoms with van der Waals surface area (Å²) >= 11 is 7.09. The average Bonchev–Trinajstić information content (AvgIpc) is 3.69. The monoisotopic (exact) mass is 691 g/mol. The summed E-state index contributed by atoms with van der Waals surface area (Å²) in [5.41, 5.74) is 6.77. The Morgan fingerprint density at radius 2 is 1.53 bits per heavy atom. The number of aromatic nitrogens is 1. The summed E-state index contributed by atoms with van der Waals surface area (Å²) in [5.74, 6) is 1.22. The first-order chi connectivity index (χ1) is 21.0. The van der Waals surface area contributed by atoms with Gasteiger partial charge in [0.15, 0.2) is 5.76 Å². The van der Waals surface area contributed by atoms with Crippen molar-refractivity contribution in [2.45, 2.75) is 25.3 Å². The topological polar surface area (TPSA) is 58.7 Å². The van der Waals surface area contributed by atoms with E-state index < -0.39 is 0 Å². The van der Waals surface area contributed by atoms with Gasteiger partial charge < -0.3 is 4.42 Å². The van der Waals surface area contributed by atoms with Crippen molar-refractivity contribution in [2.24, 2.45) is 11.0 Å². The molecule has 4 aromatic carbocycles. The van der Waals surface area contributed by atoms with Gasteiger partial charge in [0.05, 0.1) is 18.0 Å². The summed E-state index contributed by atoms with van der Waals surface area (Å²) in [6.07, 6.45) is 6.92. The Morgan fingerprint density at radius 1 is 0.837 bits per heavy atom. The van der Waals surface area contributed by atoms with Crippen molar-refractivity contribution < 1.29 is 9.21 Å². The van der Waals surface area contributed by atoms with Crippen LogP contribution >= 0.6 is 31.9 Å². The van der Waals surface area contributed by atoms with E-state index in [1.54, 1.807) is 11.2 Å². The normalized spacial score (nSPS) is 18.9. The molecule has 2 heterocycles. The third kappa shape index (κ3) is 5.67. The highest BCUT2D eigenvalue weighted by Crippen LogP contribution is 2.45. The second kappa shape index (κ2) is 11.9. The highest BCUT2D eigenvalue weighted by atomic mass is 79.9. The van der Waals surface area contributed by atoms with E-state index in [1.807, 2.05) is 78.9 Å². The minimum absolute atomic E-state index is 0.123. The van der Waals surface area contributed by atoms with Crippen molar-refractivity contribution in [1.82, 2.24) is 9.99 Å². The summed E-state index contributed by atoms with van der Waals surface area (Å²) in [7, 11) is 0. The van der Waals surface area contributed by atoms with Crippen LogP contribution in [0.2, 0.25) is 0 Å². The van der Waals surface area contributed by atoms with Crippen molar-refractivity contribution in [1.29, 1.82) is 0 Å². The Bertz CT molecular complexity index is 1830. The summed E-state index contributed by atoms with van der Waals surface area (Å²) in [6.45, 7) is 0. The number of benzene rings is 4. The molecule has 7 rings (SSSR count). The number of rotatable bonds is 5. The number of fused-ring (bicyclic) bond motifs is 1. The van der Waals surface area contributed by atoms with Gasteiger partial charge in [-0.3, -0.25) is 4.79 Å². The molecule has 1 saturated carbocycles. The lowest BCUT2D eigenvalue weighted by Crippen LogP contribution is -2.31. The number of carbonyl (C=O) groups is 1. The second-order valence-corrected chi connectivity index (χ2v) is 12.7. The first kappa shape index (κ1) is 27.7. The molecule has 0 N–H and O–H groups in total. The molecule has 7 heteroatoms. The van der Waals surface area contributed by atoms with Crippen molar-refractivity contribution in [2.75, 3.05) is 0 Å². The van der Waals surface area contributed by atoms with Crippen molar-refractivity contribution in [3.63, 3.8) is 0 Å². The zero-order chi connectivity index (χ0) is 29.3. The summed E-state index contributed by atoms with van der Waals surface area (Å²) in [4.78, 5) is 18.6. The van der Waals surface area contributed by atoms with E-state index >= 15 is 0 Å². The maximum atomic E-state index is 14.1. The molecule has 0 unspecified atom stereocenters. The molecule has 212 valence electrons. The minimum atomic E-state index is -0.177.